The normalized spacial score (nSPS) is 37.0. The predicted octanol–water partition coefficient (Wildman–Crippen LogP) is -0.653. The number of rotatable bonds is 0. The van der Waals surface area contributed by atoms with Gasteiger partial charge in [-0.05, 0) is 0 Å². The predicted molar refractivity (Wildman–Crippen MR) is 29.4 cm³/mol. The van der Waals surface area contributed by atoms with Crippen LogP contribution in [0, 0.1) is 0 Å². The second-order valence-electron chi connectivity index (χ2n) is 2.27. The summed E-state index contributed by atoms with van der Waals surface area (Å²) in [5, 5.41) is 8.76. The second kappa shape index (κ2) is 1.46. The molecule has 4 nitrogen and oxygen atoms in total. The van der Waals surface area contributed by atoms with Crippen LogP contribution in [0.5, 0.6) is 0 Å². The van der Waals surface area contributed by atoms with E-state index >= 15 is 0 Å². The highest BCUT2D eigenvalue weighted by Gasteiger charge is 2.53. The third kappa shape index (κ3) is 0.537. The van der Waals surface area contributed by atoms with Crippen LogP contribution in [-0.4, -0.2) is 28.9 Å². The lowest BCUT2D eigenvalue weighted by Gasteiger charge is -1.98. The van der Waals surface area contributed by atoms with Crippen molar-refractivity contribution in [2.24, 2.45) is 0 Å². The minimum absolute atomic E-state index is 0.317. The highest BCUT2D eigenvalue weighted by atomic mass is 16.6. The molecular formula is C6H4O4. The van der Waals surface area contributed by atoms with Gasteiger partial charge >= 0.3 is 0 Å². The zero-order chi connectivity index (χ0) is 7.30. The summed E-state index contributed by atoms with van der Waals surface area (Å²) < 4.78 is 4.66. The smallest absolute Gasteiger partial charge is 0.229 e. The van der Waals surface area contributed by atoms with Gasteiger partial charge in [0.25, 0.3) is 0 Å². The van der Waals surface area contributed by atoms with E-state index in [1.54, 1.807) is 0 Å². The number of carbonyl (C=O) groups excluding carboxylic acids is 2. The number of aliphatic hydroxyl groups excluding tert-OH is 1. The molecule has 2 aliphatic rings. The average molecular weight is 140 g/mol. The molecule has 0 saturated carbocycles. The fraction of sp³-hybridized carbons (Fsp3) is 0.333. The molecule has 0 amide bonds. The molecule has 0 aromatic rings. The lowest BCUT2D eigenvalue weighted by atomic mass is 10.0. The summed E-state index contributed by atoms with van der Waals surface area (Å²) >= 11 is 0. The van der Waals surface area contributed by atoms with Crippen molar-refractivity contribution in [3.63, 3.8) is 0 Å². The molecule has 1 fully saturated rings. The minimum Gasteiger partial charge on any atom is -0.504 e. The van der Waals surface area contributed by atoms with Gasteiger partial charge in [0.1, 0.15) is 0 Å². The van der Waals surface area contributed by atoms with Gasteiger partial charge in [0.2, 0.25) is 5.78 Å². The lowest BCUT2D eigenvalue weighted by Crippen LogP contribution is -2.22. The summed E-state index contributed by atoms with van der Waals surface area (Å²) in [4.78, 5) is 21.4. The highest BCUT2D eigenvalue weighted by molar-refractivity contribution is 6.14. The Labute approximate surface area is 56.1 Å². The molecule has 2 rings (SSSR count). The number of hydrogen-bond acceptors (Lipinski definition) is 4. The van der Waals surface area contributed by atoms with E-state index in [9.17, 15) is 9.59 Å². The standard InChI is InChI=1S/C6H4O4/c7-2-1-3(8)5-6(10-5)4(2)9/h1,5-7H/t5-,6+/m1/s1. The van der Waals surface area contributed by atoms with Crippen molar-refractivity contribution >= 4 is 11.6 Å². The molecule has 0 unspecified atom stereocenters. The van der Waals surface area contributed by atoms with E-state index < -0.39 is 23.8 Å². The van der Waals surface area contributed by atoms with E-state index in [0.717, 1.165) is 6.08 Å². The van der Waals surface area contributed by atoms with Crippen LogP contribution in [-0.2, 0) is 14.3 Å². The summed E-state index contributed by atoms with van der Waals surface area (Å²) in [5.41, 5.74) is 0. The number of aliphatic hydroxyl groups is 1. The van der Waals surface area contributed by atoms with Crippen LogP contribution in [0.3, 0.4) is 0 Å². The number of fused-ring (bicyclic) bond motifs is 1. The van der Waals surface area contributed by atoms with Gasteiger partial charge in [-0.25, -0.2) is 0 Å². The summed E-state index contributed by atoms with van der Waals surface area (Å²) in [6.07, 6.45) is -0.364. The Balaban J connectivity index is 2.39. The summed E-state index contributed by atoms with van der Waals surface area (Å²) in [6, 6.07) is 0. The van der Waals surface area contributed by atoms with Crippen LogP contribution in [0.25, 0.3) is 0 Å². The molecule has 1 saturated heterocycles. The number of ketones is 2. The van der Waals surface area contributed by atoms with Gasteiger partial charge in [-0.1, -0.05) is 0 Å². The van der Waals surface area contributed by atoms with Gasteiger partial charge in [-0.2, -0.15) is 0 Å². The van der Waals surface area contributed by atoms with Crippen LogP contribution < -0.4 is 0 Å². The summed E-state index contributed by atoms with van der Waals surface area (Å²) in [7, 11) is 0. The van der Waals surface area contributed by atoms with Crippen LogP contribution in [0.4, 0.5) is 0 Å². The van der Waals surface area contributed by atoms with Crippen molar-refractivity contribution < 1.29 is 19.4 Å². The Kier molecular flexibility index (Phi) is 0.820. The van der Waals surface area contributed by atoms with Crippen molar-refractivity contribution in [3.05, 3.63) is 11.8 Å². The molecule has 1 N–H and O–H groups in total. The molecule has 2 atom stereocenters. The van der Waals surface area contributed by atoms with E-state index in [0.29, 0.717) is 0 Å². The van der Waals surface area contributed by atoms with Crippen LogP contribution >= 0.6 is 0 Å². The Bertz CT molecular complexity index is 252. The van der Waals surface area contributed by atoms with Crippen molar-refractivity contribution in [2.45, 2.75) is 12.2 Å². The van der Waals surface area contributed by atoms with E-state index in [-0.39, 0.29) is 5.78 Å². The Morgan fingerprint density at radius 2 is 2.10 bits per heavy atom. The maximum Gasteiger partial charge on any atom is 0.229 e. The highest BCUT2D eigenvalue weighted by Crippen LogP contribution is 2.30. The maximum absolute atomic E-state index is 10.7. The molecule has 1 heterocycles. The third-order valence-electron chi connectivity index (χ3n) is 1.56. The van der Waals surface area contributed by atoms with Crippen molar-refractivity contribution in [1.29, 1.82) is 0 Å². The van der Waals surface area contributed by atoms with Gasteiger partial charge in [-0.3, -0.25) is 9.59 Å². The molecule has 4 heteroatoms. The largest absolute Gasteiger partial charge is 0.504 e. The monoisotopic (exact) mass is 140 g/mol. The number of carbonyl (C=O) groups is 2. The first kappa shape index (κ1) is 5.61. The third-order valence-corrected chi connectivity index (χ3v) is 1.56. The molecule has 0 aromatic carbocycles. The molecule has 1 aliphatic carbocycles. The maximum atomic E-state index is 10.7. The second-order valence-corrected chi connectivity index (χ2v) is 2.27. The van der Waals surface area contributed by atoms with Crippen LogP contribution in [0.1, 0.15) is 0 Å². The molecule has 0 spiro atoms. The zero-order valence-electron chi connectivity index (χ0n) is 4.90. The van der Waals surface area contributed by atoms with E-state index in [4.69, 9.17) is 5.11 Å². The number of Topliss-reactive ketones (excluding diaryl/α,β-unsaturated/α-hetero) is 1. The van der Waals surface area contributed by atoms with E-state index in [1.165, 1.54) is 0 Å². The molecule has 0 radical (unpaired) electrons. The molecule has 0 bridgehead atoms. The number of ether oxygens (including phenoxy) is 1. The van der Waals surface area contributed by atoms with Crippen molar-refractivity contribution in [1.82, 2.24) is 0 Å². The molecule has 52 valence electrons. The Morgan fingerprint density at radius 1 is 1.40 bits per heavy atom. The fourth-order valence-electron chi connectivity index (χ4n) is 0.962. The first-order valence-corrected chi connectivity index (χ1v) is 2.84. The molecule has 10 heavy (non-hydrogen) atoms. The first-order chi connectivity index (χ1) is 4.70. The number of hydrogen-bond donors (Lipinski definition) is 1. The van der Waals surface area contributed by atoms with Crippen LogP contribution in [0.2, 0.25) is 0 Å². The average Bonchev–Trinajstić information content (AvgIpc) is 2.61. The van der Waals surface area contributed by atoms with Gasteiger partial charge < -0.3 is 9.84 Å². The minimum atomic E-state index is -0.683. The fourth-order valence-corrected chi connectivity index (χ4v) is 0.962. The quantitative estimate of drug-likeness (QED) is 0.454. The van der Waals surface area contributed by atoms with Crippen LogP contribution in [0.15, 0.2) is 11.8 Å². The summed E-state index contributed by atoms with van der Waals surface area (Å²) in [5.74, 6) is -1.28. The van der Waals surface area contributed by atoms with E-state index in [1.807, 2.05) is 0 Å². The van der Waals surface area contributed by atoms with Gasteiger partial charge in [-0.15, -0.1) is 0 Å². The van der Waals surface area contributed by atoms with Crippen molar-refractivity contribution in [3.8, 4) is 0 Å². The topological polar surface area (TPSA) is 66.9 Å². The lowest BCUT2D eigenvalue weighted by molar-refractivity contribution is -0.121. The van der Waals surface area contributed by atoms with Gasteiger partial charge in [0, 0.05) is 6.08 Å². The van der Waals surface area contributed by atoms with Crippen molar-refractivity contribution in [2.75, 3.05) is 0 Å². The molecule has 1 aliphatic heterocycles. The zero-order valence-corrected chi connectivity index (χ0v) is 4.90. The molecular weight excluding hydrogens is 136 g/mol. The van der Waals surface area contributed by atoms with Gasteiger partial charge in [0.15, 0.2) is 23.8 Å². The number of epoxide rings is 1. The molecule has 0 aromatic heterocycles. The summed E-state index contributed by atoms with van der Waals surface area (Å²) in [6.45, 7) is 0. The van der Waals surface area contributed by atoms with Gasteiger partial charge in [0.05, 0.1) is 0 Å². The Hall–Kier alpha value is -1.16. The first-order valence-electron chi connectivity index (χ1n) is 2.84. The Morgan fingerprint density at radius 3 is 2.80 bits per heavy atom. The SMILES string of the molecule is O=C1C=C(O)C(=O)[C@@H]2O[C@H]12. The van der Waals surface area contributed by atoms with E-state index in [2.05, 4.69) is 4.74 Å².